The Morgan fingerprint density at radius 2 is 1.12 bits per heavy atom. The van der Waals surface area contributed by atoms with Crippen LogP contribution < -0.4 is 15.1 Å². The summed E-state index contributed by atoms with van der Waals surface area (Å²) in [5.74, 6) is -7.61. The first kappa shape index (κ1) is 51.2. The van der Waals surface area contributed by atoms with Gasteiger partial charge in [0.2, 0.25) is 6.29 Å². The van der Waals surface area contributed by atoms with Crippen LogP contribution in [0.5, 0.6) is 11.5 Å². The molecule has 2 saturated heterocycles. The molecule has 10 atom stereocenters. The number of esters is 8. The van der Waals surface area contributed by atoms with Crippen molar-refractivity contribution in [2.45, 2.75) is 130 Å². The number of ether oxygens (including phenoxy) is 12. The van der Waals surface area contributed by atoms with Crippen molar-refractivity contribution < 1.29 is 99.6 Å². The first-order valence-corrected chi connectivity index (χ1v) is 21.5. The summed E-state index contributed by atoms with van der Waals surface area (Å²) < 4.78 is 75.4. The lowest BCUT2D eigenvalue weighted by molar-refractivity contribution is -0.355. The topological polar surface area (TPSA) is 278 Å². The third-order valence-electron chi connectivity index (χ3n) is 10.8. The van der Waals surface area contributed by atoms with Gasteiger partial charge in [-0.2, -0.15) is 0 Å². The van der Waals surface area contributed by atoms with Gasteiger partial charge in [-0.1, -0.05) is 18.2 Å². The van der Waals surface area contributed by atoms with Gasteiger partial charge in [0.05, 0.1) is 0 Å². The molecular formula is C47H50O22. The summed E-state index contributed by atoms with van der Waals surface area (Å²) in [5, 5.41) is 0.527. The summed E-state index contributed by atoms with van der Waals surface area (Å²) in [4.78, 5) is 115. The van der Waals surface area contributed by atoms with Crippen LogP contribution in [0.2, 0.25) is 0 Å². The average molecular weight is 967 g/mol. The van der Waals surface area contributed by atoms with E-state index in [1.807, 2.05) is 19.1 Å². The lowest BCUT2D eigenvalue weighted by Gasteiger charge is -2.48. The van der Waals surface area contributed by atoms with Gasteiger partial charge in [-0.3, -0.25) is 33.6 Å². The van der Waals surface area contributed by atoms with Crippen LogP contribution in [0.25, 0.3) is 16.5 Å². The Kier molecular flexibility index (Phi) is 16.2. The first-order valence-electron chi connectivity index (χ1n) is 21.5. The molecule has 0 bridgehead atoms. The molecule has 0 unspecified atom stereocenters. The molecule has 3 heterocycles. The van der Waals surface area contributed by atoms with Crippen molar-refractivity contribution in [1.29, 1.82) is 0 Å². The van der Waals surface area contributed by atoms with Gasteiger partial charge in [-0.25, -0.2) is 9.59 Å². The Morgan fingerprint density at radius 1 is 0.609 bits per heavy atom. The predicted molar refractivity (Wildman–Crippen MR) is 230 cm³/mol. The molecular weight excluding hydrogens is 916 g/mol. The van der Waals surface area contributed by atoms with Gasteiger partial charge < -0.3 is 61.3 Å². The zero-order valence-corrected chi connectivity index (χ0v) is 38.9. The molecule has 370 valence electrons. The maximum atomic E-state index is 14.4. The number of rotatable bonds is 15. The molecule has 1 aromatic heterocycles. The van der Waals surface area contributed by atoms with Gasteiger partial charge in [-0.05, 0) is 55.2 Å². The maximum absolute atomic E-state index is 14.4. The highest BCUT2D eigenvalue weighted by Gasteiger charge is 2.58. The van der Waals surface area contributed by atoms with E-state index < -0.39 is 128 Å². The zero-order valence-electron chi connectivity index (χ0n) is 38.9. The van der Waals surface area contributed by atoms with Crippen molar-refractivity contribution in [3.8, 4) is 11.5 Å². The number of carbonyl (C=O) groups is 8. The van der Waals surface area contributed by atoms with Gasteiger partial charge in [0, 0.05) is 65.5 Å². The third-order valence-corrected chi connectivity index (χ3v) is 10.8. The van der Waals surface area contributed by atoms with Crippen LogP contribution in [0.1, 0.15) is 82.4 Å². The molecule has 0 radical (unpaired) electrons. The highest BCUT2D eigenvalue weighted by Crippen LogP contribution is 2.42. The minimum atomic E-state index is -1.95. The zero-order chi connectivity index (χ0) is 50.4. The summed E-state index contributed by atoms with van der Waals surface area (Å²) in [6, 6.07) is 8.85. The van der Waals surface area contributed by atoms with Crippen LogP contribution in [0, 0.1) is 6.92 Å². The van der Waals surface area contributed by atoms with E-state index >= 15 is 0 Å². The molecule has 0 N–H and O–H groups in total. The molecule has 0 amide bonds. The van der Waals surface area contributed by atoms with Crippen molar-refractivity contribution in [2.24, 2.45) is 0 Å². The molecule has 22 heteroatoms. The minimum Gasteiger partial charge on any atom is -0.463 e. The van der Waals surface area contributed by atoms with E-state index in [9.17, 15) is 43.2 Å². The van der Waals surface area contributed by atoms with E-state index in [0.717, 1.165) is 59.6 Å². The fraction of sp³-hybridized carbons (Fsp3) is 0.468. The number of fused-ring (bicyclic) bond motifs is 2. The van der Waals surface area contributed by atoms with Crippen molar-refractivity contribution in [3.63, 3.8) is 0 Å². The minimum absolute atomic E-state index is 0.00753. The van der Waals surface area contributed by atoms with Crippen molar-refractivity contribution >= 4 is 64.3 Å². The molecule has 2 fully saturated rings. The number of hydrogen-bond acceptors (Lipinski definition) is 22. The van der Waals surface area contributed by atoms with Gasteiger partial charge >= 0.3 is 53.4 Å². The number of carbonyl (C=O) groups excluding carboxylic acids is 8. The number of benzene rings is 2. The Labute approximate surface area is 393 Å². The molecule has 1 aliphatic carbocycles. The number of allylic oxidation sites excluding steroid dienone is 2. The lowest BCUT2D eigenvalue weighted by Crippen LogP contribution is -2.67. The Balaban J connectivity index is 1.45. The van der Waals surface area contributed by atoms with Crippen molar-refractivity contribution in [3.05, 3.63) is 75.1 Å². The lowest BCUT2D eigenvalue weighted by atomic mass is 9.96. The quantitative estimate of drug-likeness (QED) is 0.0914. The second-order valence-corrected chi connectivity index (χ2v) is 16.1. The number of para-hydroxylation sites is 1. The summed E-state index contributed by atoms with van der Waals surface area (Å²) in [5.41, 5.74) is 1.97. The van der Waals surface area contributed by atoms with Gasteiger partial charge in [-0.15, -0.1) is 0 Å². The molecule has 2 aliphatic heterocycles. The van der Waals surface area contributed by atoms with E-state index in [0.29, 0.717) is 22.9 Å². The summed E-state index contributed by atoms with van der Waals surface area (Å²) in [6.07, 6.45) is -15.1. The predicted octanol–water partition coefficient (Wildman–Crippen LogP) is 3.28. The largest absolute Gasteiger partial charge is 0.463 e. The van der Waals surface area contributed by atoms with Crippen LogP contribution >= 0.6 is 0 Å². The fourth-order valence-corrected chi connectivity index (χ4v) is 8.06. The fourth-order valence-electron chi connectivity index (χ4n) is 8.06. The van der Waals surface area contributed by atoms with E-state index in [1.54, 1.807) is 6.92 Å². The van der Waals surface area contributed by atoms with E-state index in [-0.39, 0.29) is 22.6 Å². The molecule has 0 spiro atoms. The summed E-state index contributed by atoms with van der Waals surface area (Å²) in [7, 11) is 0. The highest BCUT2D eigenvalue weighted by atomic mass is 16.8. The molecule has 69 heavy (non-hydrogen) atoms. The van der Waals surface area contributed by atoms with Gasteiger partial charge in [0.25, 0.3) is 0 Å². The number of hydrogen-bond donors (Lipinski definition) is 0. The molecule has 22 nitrogen and oxygen atoms in total. The van der Waals surface area contributed by atoms with Crippen molar-refractivity contribution in [1.82, 2.24) is 0 Å². The maximum Gasteiger partial charge on any atom is 0.347 e. The Morgan fingerprint density at radius 3 is 1.68 bits per heavy atom. The van der Waals surface area contributed by atoms with Crippen molar-refractivity contribution in [2.75, 3.05) is 13.2 Å². The molecule has 3 aliphatic rings. The number of aryl methyl sites for hydroxylation is 1. The van der Waals surface area contributed by atoms with E-state index in [2.05, 4.69) is 0 Å². The summed E-state index contributed by atoms with van der Waals surface area (Å²) in [6.45, 7) is 9.52. The van der Waals surface area contributed by atoms with Crippen LogP contribution in [-0.4, -0.2) is 122 Å². The normalized spacial score (nSPS) is 24.9. The van der Waals surface area contributed by atoms with Crippen LogP contribution in [-0.2, 0) is 87.4 Å². The Hall–Kier alpha value is -7.17. The highest BCUT2D eigenvalue weighted by molar-refractivity contribution is 5.99. The molecule has 6 rings (SSSR count). The Bertz CT molecular complexity index is 2610. The third kappa shape index (κ3) is 12.3. The molecule has 3 aromatic rings. The molecule has 2 aromatic carbocycles. The van der Waals surface area contributed by atoms with Crippen LogP contribution in [0.4, 0.5) is 0 Å². The second-order valence-electron chi connectivity index (χ2n) is 16.1. The summed E-state index contributed by atoms with van der Waals surface area (Å²) >= 11 is 0. The first-order chi connectivity index (χ1) is 32.6. The monoisotopic (exact) mass is 966 g/mol. The van der Waals surface area contributed by atoms with Crippen LogP contribution in [0.15, 0.2) is 51.7 Å². The smallest absolute Gasteiger partial charge is 0.347 e. The van der Waals surface area contributed by atoms with E-state index in [1.165, 1.54) is 30.3 Å². The standard InChI is InChI=1S/C47H50O22/c1-20-14-15-29-31(20)17-32-21(2)16-36(55)67-38(32)37(29)68-45(56)30-12-10-11-13-33(30)64-46-44(63-28(9)54)42(40(60-25(6)51)35(65-46)19-58-23(4)49)69-47-43(62-27(8)53)41(61-26(7)52)39(59-24(5)50)34(66-47)18-57-22(3)48/h10-14,16-17,34-35,39-44,46-47H,15,18-19H2,1-9H3/t34-,35-,39-,40+,41+,42+,43-,44-,46-,47-/m1/s1. The van der Waals surface area contributed by atoms with Crippen LogP contribution in [0.3, 0.4) is 0 Å². The molecule has 0 saturated carbocycles. The average Bonchev–Trinajstić information content (AvgIpc) is 3.62. The van der Waals surface area contributed by atoms with Gasteiger partial charge in [0.15, 0.2) is 48.1 Å². The second kappa shape index (κ2) is 21.8. The SMILES string of the molecule is CC(=O)OC[C@H]1O[C@@H](Oc2ccccc2C(=O)Oc2c3c(cc4c(C)cc(=O)oc24)C(C)=CC3)[C@H](OC(C)=O)[C@@H](O[C@H]2O[C@H](COC(C)=O)[C@@H](OC(C)=O)[C@H](OC(C)=O)[C@H]2OC(C)=O)[C@H]1OC(C)=O. The van der Waals surface area contributed by atoms with Gasteiger partial charge in [0.1, 0.15) is 42.8 Å². The van der Waals surface area contributed by atoms with E-state index in [4.69, 9.17) is 61.3 Å².